The normalized spacial score (nSPS) is 15.2. The lowest BCUT2D eigenvalue weighted by atomic mass is 10.2. The van der Waals surface area contributed by atoms with Crippen LogP contribution >= 0.6 is 15.9 Å². The van der Waals surface area contributed by atoms with E-state index in [-0.39, 0.29) is 5.82 Å². The van der Waals surface area contributed by atoms with Crippen molar-refractivity contribution in [2.45, 2.75) is 25.3 Å². The summed E-state index contributed by atoms with van der Waals surface area (Å²) >= 11 is 3.37. The Kier molecular flexibility index (Phi) is 2.74. The van der Waals surface area contributed by atoms with Crippen LogP contribution in [0.3, 0.4) is 0 Å². The molecule has 3 rings (SSSR count). The van der Waals surface area contributed by atoms with Gasteiger partial charge in [-0.15, -0.1) is 0 Å². The van der Waals surface area contributed by atoms with Gasteiger partial charge < -0.3 is 4.57 Å². The minimum Gasteiger partial charge on any atom is -0.330 e. The van der Waals surface area contributed by atoms with Crippen LogP contribution in [-0.2, 0) is 6.54 Å². The average molecular weight is 295 g/mol. The number of aromatic nitrogens is 2. The van der Waals surface area contributed by atoms with Crippen LogP contribution in [0.1, 0.15) is 30.0 Å². The fourth-order valence-corrected chi connectivity index (χ4v) is 2.44. The van der Waals surface area contributed by atoms with Gasteiger partial charge in [0.2, 0.25) is 0 Å². The monoisotopic (exact) mass is 294 g/mol. The summed E-state index contributed by atoms with van der Waals surface area (Å²) in [4.78, 5) is 4.16. The molecule has 0 bridgehead atoms. The van der Waals surface area contributed by atoms with Crippen LogP contribution in [-0.4, -0.2) is 9.55 Å². The highest BCUT2D eigenvalue weighted by Crippen LogP contribution is 2.39. The molecule has 1 aromatic heterocycles. The predicted octanol–water partition coefficient (Wildman–Crippen LogP) is 3.71. The van der Waals surface area contributed by atoms with Crippen molar-refractivity contribution >= 4 is 15.9 Å². The van der Waals surface area contributed by atoms with E-state index >= 15 is 0 Å². The lowest BCUT2D eigenvalue weighted by Crippen LogP contribution is -2.04. The second-order valence-electron chi connectivity index (χ2n) is 4.46. The molecule has 0 amide bonds. The van der Waals surface area contributed by atoms with Gasteiger partial charge in [0.25, 0.3) is 0 Å². The average Bonchev–Trinajstić information content (AvgIpc) is 3.05. The van der Waals surface area contributed by atoms with Crippen molar-refractivity contribution in [1.82, 2.24) is 9.55 Å². The van der Waals surface area contributed by atoms with E-state index in [0.29, 0.717) is 18.0 Å². The smallest absolute Gasteiger partial charge is 0.128 e. The quantitative estimate of drug-likeness (QED) is 0.844. The van der Waals surface area contributed by atoms with Crippen LogP contribution in [0.25, 0.3) is 0 Å². The second-order valence-corrected chi connectivity index (χ2v) is 5.37. The molecular formula is C13H12BrFN2. The number of halogens is 2. The van der Waals surface area contributed by atoms with Gasteiger partial charge >= 0.3 is 0 Å². The van der Waals surface area contributed by atoms with Gasteiger partial charge in [0.05, 0.1) is 12.9 Å². The van der Waals surface area contributed by atoms with Crippen molar-refractivity contribution in [1.29, 1.82) is 0 Å². The minimum absolute atomic E-state index is 0.163. The summed E-state index contributed by atoms with van der Waals surface area (Å²) in [6, 6.07) is 5.04. The molecule has 4 heteroatoms. The highest BCUT2D eigenvalue weighted by Gasteiger charge is 2.26. The number of hydrogen-bond acceptors (Lipinski definition) is 1. The fraction of sp³-hybridized carbons (Fsp3) is 0.308. The summed E-state index contributed by atoms with van der Waals surface area (Å²) in [6.07, 6.45) is 6.14. The van der Waals surface area contributed by atoms with E-state index in [2.05, 4.69) is 20.9 Å². The second kappa shape index (κ2) is 4.26. The molecule has 0 N–H and O–H groups in total. The van der Waals surface area contributed by atoms with Gasteiger partial charge in [-0.1, -0.05) is 15.9 Å². The molecule has 0 saturated heterocycles. The standard InChI is InChI=1S/C13H12BrFN2/c14-11-3-4-12(15)10(5-11)7-17-8-16-6-13(17)9-1-2-9/h3-6,8-9H,1-2,7H2. The number of rotatable bonds is 3. The van der Waals surface area contributed by atoms with Gasteiger partial charge in [-0.3, -0.25) is 0 Å². The Hall–Kier alpha value is -1.16. The highest BCUT2D eigenvalue weighted by atomic mass is 79.9. The van der Waals surface area contributed by atoms with Crippen LogP contribution < -0.4 is 0 Å². The summed E-state index contributed by atoms with van der Waals surface area (Å²) in [7, 11) is 0. The van der Waals surface area contributed by atoms with Crippen molar-refractivity contribution in [3.8, 4) is 0 Å². The first-order valence-electron chi connectivity index (χ1n) is 5.68. The van der Waals surface area contributed by atoms with Crippen molar-refractivity contribution in [3.05, 3.63) is 52.3 Å². The zero-order valence-electron chi connectivity index (χ0n) is 9.24. The number of benzene rings is 1. The van der Waals surface area contributed by atoms with E-state index < -0.39 is 0 Å². The summed E-state index contributed by atoms with van der Waals surface area (Å²) in [5.41, 5.74) is 1.92. The van der Waals surface area contributed by atoms with E-state index in [1.165, 1.54) is 24.6 Å². The first kappa shape index (κ1) is 11.0. The van der Waals surface area contributed by atoms with E-state index in [1.54, 1.807) is 12.4 Å². The maximum Gasteiger partial charge on any atom is 0.128 e. The number of hydrogen-bond donors (Lipinski definition) is 0. The van der Waals surface area contributed by atoms with Crippen LogP contribution in [0, 0.1) is 5.82 Å². The van der Waals surface area contributed by atoms with Crippen LogP contribution in [0.4, 0.5) is 4.39 Å². The van der Waals surface area contributed by atoms with Gasteiger partial charge in [0, 0.05) is 27.8 Å². The lowest BCUT2D eigenvalue weighted by Gasteiger charge is -2.08. The summed E-state index contributed by atoms with van der Waals surface area (Å²) in [6.45, 7) is 0.553. The van der Waals surface area contributed by atoms with E-state index in [4.69, 9.17) is 0 Å². The molecule has 2 aromatic rings. The molecule has 2 nitrogen and oxygen atoms in total. The molecule has 0 spiro atoms. The Morgan fingerprint density at radius 2 is 2.24 bits per heavy atom. The van der Waals surface area contributed by atoms with Gasteiger partial charge in [-0.25, -0.2) is 9.37 Å². The first-order valence-corrected chi connectivity index (χ1v) is 6.47. The lowest BCUT2D eigenvalue weighted by molar-refractivity contribution is 0.595. The van der Waals surface area contributed by atoms with Gasteiger partial charge in [-0.2, -0.15) is 0 Å². The zero-order valence-corrected chi connectivity index (χ0v) is 10.8. The van der Waals surface area contributed by atoms with Crippen molar-refractivity contribution < 1.29 is 4.39 Å². The molecule has 17 heavy (non-hydrogen) atoms. The van der Waals surface area contributed by atoms with Crippen LogP contribution in [0.2, 0.25) is 0 Å². The molecule has 1 aliphatic rings. The van der Waals surface area contributed by atoms with Crippen molar-refractivity contribution in [2.75, 3.05) is 0 Å². The maximum atomic E-state index is 13.7. The van der Waals surface area contributed by atoms with E-state index in [1.807, 2.05) is 16.8 Å². The topological polar surface area (TPSA) is 17.8 Å². The summed E-state index contributed by atoms with van der Waals surface area (Å²) in [5, 5.41) is 0. The largest absolute Gasteiger partial charge is 0.330 e. The van der Waals surface area contributed by atoms with Crippen LogP contribution in [0.15, 0.2) is 35.2 Å². The molecule has 0 atom stereocenters. The molecular weight excluding hydrogens is 283 g/mol. The number of nitrogens with zero attached hydrogens (tertiary/aromatic N) is 2. The van der Waals surface area contributed by atoms with E-state index in [9.17, 15) is 4.39 Å². The van der Waals surface area contributed by atoms with Crippen molar-refractivity contribution in [3.63, 3.8) is 0 Å². The zero-order chi connectivity index (χ0) is 11.8. The fourth-order valence-electron chi connectivity index (χ4n) is 2.03. The molecule has 1 heterocycles. The first-order chi connectivity index (χ1) is 8.24. The third kappa shape index (κ3) is 2.27. The van der Waals surface area contributed by atoms with Crippen LogP contribution in [0.5, 0.6) is 0 Å². The highest BCUT2D eigenvalue weighted by molar-refractivity contribution is 9.10. The number of imidazole rings is 1. The SMILES string of the molecule is Fc1ccc(Br)cc1Cn1cncc1C1CC1. The summed E-state index contributed by atoms with van der Waals surface area (Å²) in [5.74, 6) is 0.469. The Labute approximate surface area is 108 Å². The predicted molar refractivity (Wildman–Crippen MR) is 67.4 cm³/mol. The Morgan fingerprint density at radius 3 is 3.00 bits per heavy atom. The minimum atomic E-state index is -0.163. The third-order valence-electron chi connectivity index (χ3n) is 3.09. The van der Waals surface area contributed by atoms with Gasteiger partial charge in [0.1, 0.15) is 5.82 Å². The Bertz CT molecular complexity index is 546. The molecule has 0 radical (unpaired) electrons. The summed E-state index contributed by atoms with van der Waals surface area (Å²) < 4.78 is 16.6. The van der Waals surface area contributed by atoms with Gasteiger partial charge in [-0.05, 0) is 31.0 Å². The Morgan fingerprint density at radius 1 is 1.41 bits per heavy atom. The van der Waals surface area contributed by atoms with E-state index in [0.717, 1.165) is 4.47 Å². The van der Waals surface area contributed by atoms with Crippen molar-refractivity contribution in [2.24, 2.45) is 0 Å². The molecule has 1 aromatic carbocycles. The molecule has 1 aliphatic carbocycles. The molecule has 0 unspecified atom stereocenters. The third-order valence-corrected chi connectivity index (χ3v) is 3.58. The maximum absolute atomic E-state index is 13.7. The molecule has 1 saturated carbocycles. The Balaban J connectivity index is 1.90. The van der Waals surface area contributed by atoms with Gasteiger partial charge in [0.15, 0.2) is 0 Å². The molecule has 1 fully saturated rings. The molecule has 0 aliphatic heterocycles. The molecule has 88 valence electrons.